The lowest BCUT2D eigenvalue weighted by molar-refractivity contribution is -0.123. The molecule has 1 amide bonds. The summed E-state index contributed by atoms with van der Waals surface area (Å²) >= 11 is 6.93. The minimum Gasteiger partial charge on any atom is -0.496 e. The van der Waals surface area contributed by atoms with Crippen LogP contribution in [0.1, 0.15) is 36.5 Å². The second-order valence-corrected chi connectivity index (χ2v) is 8.03. The first-order valence-electron chi connectivity index (χ1n) is 8.40. The van der Waals surface area contributed by atoms with Gasteiger partial charge in [0.15, 0.2) is 6.61 Å². The molecule has 5 nitrogen and oxygen atoms in total. The normalized spacial score (nSPS) is 11.1. The number of hydrogen-bond acceptors (Lipinski definition) is 4. The molecule has 0 aliphatic rings. The molecule has 0 aliphatic heterocycles. The molecule has 0 heterocycles. The Balaban J connectivity index is 1.99. The lowest BCUT2D eigenvalue weighted by Gasteiger charge is -2.15. The van der Waals surface area contributed by atoms with Crippen LogP contribution in [0.2, 0.25) is 0 Å². The van der Waals surface area contributed by atoms with Crippen molar-refractivity contribution in [1.29, 1.82) is 0 Å². The number of ether oxygens (including phenoxy) is 2. The predicted molar refractivity (Wildman–Crippen MR) is 115 cm³/mol. The van der Waals surface area contributed by atoms with Gasteiger partial charge in [-0.25, -0.2) is 5.43 Å². The van der Waals surface area contributed by atoms with Gasteiger partial charge in [-0.2, -0.15) is 5.10 Å². The van der Waals surface area contributed by atoms with E-state index in [9.17, 15) is 4.79 Å². The van der Waals surface area contributed by atoms with E-state index in [0.717, 1.165) is 25.6 Å². The number of rotatable bonds is 7. The molecule has 144 valence electrons. The van der Waals surface area contributed by atoms with E-state index in [1.807, 2.05) is 37.3 Å². The summed E-state index contributed by atoms with van der Waals surface area (Å²) in [5.74, 6) is 1.32. The molecular formula is C20H22Br2N2O3. The zero-order valence-corrected chi connectivity index (χ0v) is 18.8. The van der Waals surface area contributed by atoms with Crippen LogP contribution in [0, 0.1) is 6.92 Å². The Kier molecular flexibility index (Phi) is 7.86. The number of nitrogens with zero attached hydrogens (tertiary/aromatic N) is 1. The van der Waals surface area contributed by atoms with Crippen molar-refractivity contribution in [2.24, 2.45) is 5.10 Å². The van der Waals surface area contributed by atoms with Crippen molar-refractivity contribution in [2.45, 2.75) is 26.7 Å². The summed E-state index contributed by atoms with van der Waals surface area (Å²) in [7, 11) is 1.58. The van der Waals surface area contributed by atoms with Crippen LogP contribution in [0.5, 0.6) is 11.5 Å². The monoisotopic (exact) mass is 496 g/mol. The fraction of sp³-hybridized carbons (Fsp3) is 0.300. The zero-order chi connectivity index (χ0) is 20.0. The van der Waals surface area contributed by atoms with E-state index in [4.69, 9.17) is 9.47 Å². The molecule has 0 saturated heterocycles. The van der Waals surface area contributed by atoms with E-state index in [2.05, 4.69) is 56.2 Å². The number of nitrogens with one attached hydrogen (secondary N) is 1. The molecule has 2 aromatic carbocycles. The Hall–Kier alpha value is -1.86. The van der Waals surface area contributed by atoms with E-state index >= 15 is 0 Å². The highest BCUT2D eigenvalue weighted by Gasteiger charge is 2.12. The lowest BCUT2D eigenvalue weighted by Crippen LogP contribution is -2.25. The smallest absolute Gasteiger partial charge is 0.277 e. The third-order valence-electron chi connectivity index (χ3n) is 3.86. The number of aryl methyl sites for hydroxylation is 1. The largest absolute Gasteiger partial charge is 0.496 e. The van der Waals surface area contributed by atoms with Gasteiger partial charge >= 0.3 is 0 Å². The summed E-state index contributed by atoms with van der Waals surface area (Å²) in [5.41, 5.74) is 5.32. The lowest BCUT2D eigenvalue weighted by atomic mass is 10.0. The predicted octanol–water partition coefficient (Wildman–Crippen LogP) is 5.18. The summed E-state index contributed by atoms with van der Waals surface area (Å²) in [6.07, 6.45) is 1.53. The second-order valence-electron chi connectivity index (χ2n) is 6.26. The van der Waals surface area contributed by atoms with E-state index in [0.29, 0.717) is 11.5 Å². The van der Waals surface area contributed by atoms with Crippen LogP contribution >= 0.6 is 31.9 Å². The SMILES string of the molecule is COc1ccc(Br)cc1/C=N\NC(=O)COc1cc(C)c(Br)cc1C(C)C. The first-order chi connectivity index (χ1) is 12.8. The highest BCUT2D eigenvalue weighted by molar-refractivity contribution is 9.10. The van der Waals surface area contributed by atoms with Gasteiger partial charge in [-0.3, -0.25) is 4.79 Å². The summed E-state index contributed by atoms with van der Waals surface area (Å²) in [6.45, 7) is 6.03. The standard InChI is InChI=1S/C20H22Br2N2O3/c1-12(2)16-9-17(22)13(3)7-19(16)27-11-20(25)24-23-10-14-8-15(21)5-6-18(14)26-4/h5-10,12H,11H2,1-4H3,(H,24,25)/b23-10-. The van der Waals surface area contributed by atoms with Gasteiger partial charge in [0.1, 0.15) is 11.5 Å². The van der Waals surface area contributed by atoms with Crippen molar-refractivity contribution >= 4 is 44.0 Å². The average Bonchev–Trinajstić information content (AvgIpc) is 2.62. The molecule has 0 aliphatic carbocycles. The van der Waals surface area contributed by atoms with E-state index in [-0.39, 0.29) is 18.4 Å². The third-order valence-corrected chi connectivity index (χ3v) is 5.20. The van der Waals surface area contributed by atoms with Crippen LogP contribution < -0.4 is 14.9 Å². The van der Waals surface area contributed by atoms with Crippen molar-refractivity contribution < 1.29 is 14.3 Å². The van der Waals surface area contributed by atoms with Crippen LogP contribution in [-0.2, 0) is 4.79 Å². The maximum atomic E-state index is 12.1. The molecule has 0 fully saturated rings. The van der Waals surface area contributed by atoms with Crippen LogP contribution in [0.15, 0.2) is 44.4 Å². The van der Waals surface area contributed by atoms with E-state index in [1.165, 1.54) is 6.21 Å². The Morgan fingerprint density at radius 3 is 2.63 bits per heavy atom. The summed E-state index contributed by atoms with van der Waals surface area (Å²) in [4.78, 5) is 12.1. The molecule has 27 heavy (non-hydrogen) atoms. The molecule has 0 radical (unpaired) electrons. The molecule has 7 heteroatoms. The summed E-state index contributed by atoms with van der Waals surface area (Å²) in [6, 6.07) is 9.51. The number of amides is 1. The van der Waals surface area contributed by atoms with Gasteiger partial charge in [0.05, 0.1) is 13.3 Å². The van der Waals surface area contributed by atoms with Crippen LogP contribution in [-0.4, -0.2) is 25.8 Å². The second kappa shape index (κ2) is 9.90. The molecule has 2 aromatic rings. The van der Waals surface area contributed by atoms with Gasteiger partial charge in [-0.05, 0) is 54.3 Å². The minimum atomic E-state index is -0.338. The fourth-order valence-electron chi connectivity index (χ4n) is 2.40. The van der Waals surface area contributed by atoms with Crippen molar-refractivity contribution in [1.82, 2.24) is 5.43 Å². The number of carbonyl (C=O) groups excluding carboxylic acids is 1. The highest BCUT2D eigenvalue weighted by atomic mass is 79.9. The Labute approximate surface area is 176 Å². The number of hydrazone groups is 1. The number of halogens is 2. The van der Waals surface area contributed by atoms with Crippen LogP contribution in [0.3, 0.4) is 0 Å². The van der Waals surface area contributed by atoms with E-state index in [1.54, 1.807) is 7.11 Å². The molecule has 2 rings (SSSR count). The summed E-state index contributed by atoms with van der Waals surface area (Å²) in [5, 5.41) is 3.98. The Bertz CT molecular complexity index is 851. The maximum Gasteiger partial charge on any atom is 0.277 e. The first-order valence-corrected chi connectivity index (χ1v) is 9.98. The molecule has 0 bridgehead atoms. The molecule has 0 saturated carbocycles. The molecule has 1 N–H and O–H groups in total. The van der Waals surface area contributed by atoms with Gasteiger partial charge in [0.25, 0.3) is 5.91 Å². The molecule has 0 atom stereocenters. The van der Waals surface area contributed by atoms with Gasteiger partial charge in [0.2, 0.25) is 0 Å². The van der Waals surface area contributed by atoms with E-state index < -0.39 is 0 Å². The number of methoxy groups -OCH3 is 1. The van der Waals surface area contributed by atoms with Crippen molar-refractivity contribution in [2.75, 3.05) is 13.7 Å². The van der Waals surface area contributed by atoms with Crippen molar-refractivity contribution in [3.05, 3.63) is 56.0 Å². The number of hydrogen-bond donors (Lipinski definition) is 1. The first kappa shape index (κ1) is 21.4. The molecule has 0 aromatic heterocycles. The highest BCUT2D eigenvalue weighted by Crippen LogP contribution is 2.32. The molecular weight excluding hydrogens is 476 g/mol. The third kappa shape index (κ3) is 6.07. The Morgan fingerprint density at radius 2 is 1.96 bits per heavy atom. The minimum absolute atomic E-state index is 0.117. The quantitative estimate of drug-likeness (QED) is 0.423. The number of benzene rings is 2. The maximum absolute atomic E-state index is 12.1. The van der Waals surface area contributed by atoms with Gasteiger partial charge in [0, 0.05) is 14.5 Å². The van der Waals surface area contributed by atoms with Crippen LogP contribution in [0.4, 0.5) is 0 Å². The van der Waals surface area contributed by atoms with Gasteiger partial charge in [-0.1, -0.05) is 45.7 Å². The summed E-state index contributed by atoms with van der Waals surface area (Å²) < 4.78 is 12.9. The molecule has 0 unspecified atom stereocenters. The van der Waals surface area contributed by atoms with Crippen LogP contribution in [0.25, 0.3) is 0 Å². The zero-order valence-electron chi connectivity index (χ0n) is 15.7. The average molecular weight is 498 g/mol. The Morgan fingerprint density at radius 1 is 1.22 bits per heavy atom. The number of carbonyl (C=O) groups is 1. The van der Waals surface area contributed by atoms with Crippen molar-refractivity contribution in [3.8, 4) is 11.5 Å². The van der Waals surface area contributed by atoms with Crippen molar-refractivity contribution in [3.63, 3.8) is 0 Å². The van der Waals surface area contributed by atoms with Gasteiger partial charge < -0.3 is 9.47 Å². The fourth-order valence-corrected chi connectivity index (χ4v) is 3.14. The molecule has 0 spiro atoms. The topological polar surface area (TPSA) is 59.9 Å². The van der Waals surface area contributed by atoms with Gasteiger partial charge in [-0.15, -0.1) is 0 Å².